The summed E-state index contributed by atoms with van der Waals surface area (Å²) < 4.78 is 24.2. The number of ether oxygens (including phenoxy) is 2. The number of nitrogens with zero attached hydrogens (tertiary/aromatic N) is 2. The van der Waals surface area contributed by atoms with Gasteiger partial charge in [-0.2, -0.15) is 5.10 Å². The molecule has 35 heavy (non-hydrogen) atoms. The van der Waals surface area contributed by atoms with E-state index < -0.39 is 17.6 Å². The Balaban J connectivity index is 1.53. The fourth-order valence-corrected chi connectivity index (χ4v) is 3.24. The number of nitrogens with one attached hydrogen (secondary N) is 2. The zero-order chi connectivity index (χ0) is 24.8. The highest BCUT2D eigenvalue weighted by Crippen LogP contribution is 2.31. The molecule has 1 aliphatic rings. The number of hydrazone groups is 1. The van der Waals surface area contributed by atoms with Gasteiger partial charge >= 0.3 is 0 Å². The highest BCUT2D eigenvalue weighted by atomic mass is 19.1. The molecule has 2 amide bonds. The number of hydrogen-bond donors (Lipinski definition) is 2. The first-order valence-corrected chi connectivity index (χ1v) is 10.7. The van der Waals surface area contributed by atoms with Gasteiger partial charge in [-0.15, -0.1) is 0 Å². The van der Waals surface area contributed by atoms with Crippen molar-refractivity contribution in [1.82, 2.24) is 10.7 Å². The third-order valence-corrected chi connectivity index (χ3v) is 5.08. The lowest BCUT2D eigenvalue weighted by Crippen LogP contribution is -2.32. The number of benzene rings is 3. The fourth-order valence-electron chi connectivity index (χ4n) is 3.24. The number of rotatable bonds is 7. The Bertz CT molecular complexity index is 1300. The second-order valence-electron chi connectivity index (χ2n) is 7.82. The third-order valence-electron chi connectivity index (χ3n) is 5.08. The molecule has 0 saturated carbocycles. The largest absolute Gasteiger partial charge is 0.454 e. The summed E-state index contributed by atoms with van der Waals surface area (Å²) in [6, 6.07) is 17.8. The molecule has 178 valence electrons. The summed E-state index contributed by atoms with van der Waals surface area (Å²) >= 11 is 0. The van der Waals surface area contributed by atoms with Crippen LogP contribution in [0.15, 0.2) is 77.5 Å². The van der Waals surface area contributed by atoms with Gasteiger partial charge in [0.05, 0.1) is 6.21 Å². The van der Waals surface area contributed by atoms with Gasteiger partial charge in [0, 0.05) is 25.3 Å². The molecular weight excluding hydrogens is 451 g/mol. The molecule has 0 unspecified atom stereocenters. The molecule has 0 saturated heterocycles. The van der Waals surface area contributed by atoms with Crippen molar-refractivity contribution in [1.29, 1.82) is 0 Å². The van der Waals surface area contributed by atoms with E-state index in [1.54, 1.807) is 18.2 Å². The van der Waals surface area contributed by atoms with Gasteiger partial charge in [-0.1, -0.05) is 18.2 Å². The Morgan fingerprint density at radius 3 is 2.46 bits per heavy atom. The van der Waals surface area contributed by atoms with Crippen LogP contribution in [0.1, 0.15) is 21.5 Å². The maximum atomic E-state index is 13.6. The Morgan fingerprint density at radius 1 is 0.971 bits per heavy atom. The first kappa shape index (κ1) is 23.5. The van der Waals surface area contributed by atoms with Gasteiger partial charge in [-0.25, -0.2) is 9.82 Å². The average molecular weight is 474 g/mol. The van der Waals surface area contributed by atoms with Crippen LogP contribution in [0.4, 0.5) is 10.1 Å². The summed E-state index contributed by atoms with van der Waals surface area (Å²) in [6.45, 7) is 0.154. The first-order chi connectivity index (χ1) is 16.9. The molecular formula is C26H23FN4O4. The van der Waals surface area contributed by atoms with E-state index in [9.17, 15) is 14.0 Å². The van der Waals surface area contributed by atoms with Crippen molar-refractivity contribution in [2.75, 3.05) is 25.8 Å². The highest BCUT2D eigenvalue weighted by Gasteiger charge is 2.16. The van der Waals surface area contributed by atoms with Crippen molar-refractivity contribution in [3.05, 3.63) is 94.9 Å². The highest BCUT2D eigenvalue weighted by molar-refractivity contribution is 6.05. The summed E-state index contributed by atoms with van der Waals surface area (Å²) in [5.74, 6) is -0.611. The number of anilines is 1. The van der Waals surface area contributed by atoms with Crippen molar-refractivity contribution in [3.8, 4) is 11.5 Å². The normalized spacial score (nSPS) is 12.5. The van der Waals surface area contributed by atoms with Crippen LogP contribution >= 0.6 is 0 Å². The summed E-state index contributed by atoms with van der Waals surface area (Å²) in [5.41, 5.74) is 4.77. The minimum Gasteiger partial charge on any atom is -0.454 e. The van der Waals surface area contributed by atoms with Gasteiger partial charge < -0.3 is 19.7 Å². The van der Waals surface area contributed by atoms with Crippen molar-refractivity contribution in [3.63, 3.8) is 0 Å². The predicted molar refractivity (Wildman–Crippen MR) is 131 cm³/mol. The van der Waals surface area contributed by atoms with Crippen LogP contribution in [-0.2, 0) is 4.79 Å². The van der Waals surface area contributed by atoms with E-state index in [2.05, 4.69) is 15.8 Å². The van der Waals surface area contributed by atoms with Gasteiger partial charge in [0.15, 0.2) is 11.5 Å². The van der Waals surface area contributed by atoms with Gasteiger partial charge in [-0.05, 0) is 65.7 Å². The second-order valence-corrected chi connectivity index (χ2v) is 7.82. The zero-order valence-corrected chi connectivity index (χ0v) is 19.1. The van der Waals surface area contributed by atoms with Crippen LogP contribution in [-0.4, -0.2) is 38.9 Å². The van der Waals surface area contributed by atoms with Crippen molar-refractivity contribution >= 4 is 29.8 Å². The second kappa shape index (κ2) is 10.5. The monoisotopic (exact) mass is 474 g/mol. The Labute approximate surface area is 201 Å². The molecule has 3 aromatic carbocycles. The molecule has 4 rings (SSSR count). The molecule has 0 atom stereocenters. The maximum absolute atomic E-state index is 13.6. The van der Waals surface area contributed by atoms with E-state index in [0.29, 0.717) is 22.6 Å². The smallest absolute Gasteiger partial charge is 0.287 e. The van der Waals surface area contributed by atoms with Gasteiger partial charge in [0.2, 0.25) is 6.79 Å². The topological polar surface area (TPSA) is 92.3 Å². The van der Waals surface area contributed by atoms with Crippen LogP contribution in [0.3, 0.4) is 0 Å². The van der Waals surface area contributed by atoms with Crippen LogP contribution in [0.5, 0.6) is 11.5 Å². The van der Waals surface area contributed by atoms with Crippen molar-refractivity contribution in [2.45, 2.75) is 0 Å². The van der Waals surface area contributed by atoms with Crippen molar-refractivity contribution in [2.24, 2.45) is 5.10 Å². The summed E-state index contributed by atoms with van der Waals surface area (Å²) in [6.07, 6.45) is 2.96. The minimum absolute atomic E-state index is 0.0558. The van der Waals surface area contributed by atoms with Crippen LogP contribution in [0, 0.1) is 5.82 Å². The SMILES string of the molecule is CN(C)c1ccc(/C=C(\NC(=O)c2cccc(F)c2)C(=O)N/N=C/c2ccc3c(c2)OCO3)cc1. The summed E-state index contributed by atoms with van der Waals surface area (Å²) in [5, 5.41) is 6.53. The quantitative estimate of drug-likeness (QED) is 0.311. The van der Waals surface area contributed by atoms with E-state index in [1.165, 1.54) is 30.5 Å². The van der Waals surface area contributed by atoms with Gasteiger partial charge in [0.1, 0.15) is 11.5 Å². The van der Waals surface area contributed by atoms with E-state index >= 15 is 0 Å². The minimum atomic E-state index is -0.650. The lowest BCUT2D eigenvalue weighted by molar-refractivity contribution is -0.117. The van der Waals surface area contributed by atoms with Crippen LogP contribution < -0.4 is 25.1 Å². The molecule has 0 aromatic heterocycles. The lowest BCUT2D eigenvalue weighted by atomic mass is 10.1. The van der Waals surface area contributed by atoms with E-state index in [0.717, 1.165) is 11.8 Å². The Hall–Kier alpha value is -4.66. The number of carbonyl (C=O) groups is 2. The number of amides is 2. The molecule has 1 heterocycles. The molecule has 8 nitrogen and oxygen atoms in total. The summed E-state index contributed by atoms with van der Waals surface area (Å²) in [7, 11) is 3.84. The third kappa shape index (κ3) is 6.02. The number of halogens is 1. The molecule has 0 spiro atoms. The van der Waals surface area contributed by atoms with E-state index in [4.69, 9.17) is 9.47 Å². The standard InChI is InChI=1S/C26H23FN4O4/c1-31(2)21-9-6-17(7-10-21)12-22(29-25(32)19-4-3-5-20(27)14-19)26(33)30-28-15-18-8-11-23-24(13-18)35-16-34-23/h3-15H,16H2,1-2H3,(H,29,32)(H,30,33)/b22-12-,28-15+. The summed E-state index contributed by atoms with van der Waals surface area (Å²) in [4.78, 5) is 27.5. The first-order valence-electron chi connectivity index (χ1n) is 10.7. The number of carbonyl (C=O) groups excluding carboxylic acids is 2. The molecule has 2 N–H and O–H groups in total. The number of fused-ring (bicyclic) bond motifs is 1. The fraction of sp³-hybridized carbons (Fsp3) is 0.115. The molecule has 9 heteroatoms. The maximum Gasteiger partial charge on any atom is 0.287 e. The Morgan fingerprint density at radius 2 is 1.71 bits per heavy atom. The van der Waals surface area contributed by atoms with Crippen LogP contribution in [0.25, 0.3) is 6.08 Å². The predicted octanol–water partition coefficient (Wildman–Crippen LogP) is 3.54. The Kier molecular flexibility index (Phi) is 7.06. The van der Waals surface area contributed by atoms with Gasteiger partial charge in [0.25, 0.3) is 11.8 Å². The zero-order valence-electron chi connectivity index (χ0n) is 19.1. The molecule has 0 bridgehead atoms. The van der Waals surface area contributed by atoms with Crippen LogP contribution in [0.2, 0.25) is 0 Å². The molecule has 0 radical (unpaired) electrons. The van der Waals surface area contributed by atoms with E-state index in [-0.39, 0.29) is 18.1 Å². The number of hydrogen-bond acceptors (Lipinski definition) is 6. The molecule has 0 fully saturated rings. The van der Waals surface area contributed by atoms with Crippen molar-refractivity contribution < 1.29 is 23.5 Å². The average Bonchev–Trinajstić information content (AvgIpc) is 3.32. The molecule has 0 aliphatic carbocycles. The van der Waals surface area contributed by atoms with Gasteiger partial charge in [-0.3, -0.25) is 9.59 Å². The lowest BCUT2D eigenvalue weighted by Gasteiger charge is -2.12. The molecule has 3 aromatic rings. The van der Waals surface area contributed by atoms with E-state index in [1.807, 2.05) is 43.3 Å². The molecule has 1 aliphatic heterocycles.